The molecule has 4 aromatic rings. The van der Waals surface area contributed by atoms with Gasteiger partial charge in [-0.05, 0) is 105 Å². The number of hydrogen-bond donors (Lipinski definition) is 5. The van der Waals surface area contributed by atoms with Crippen molar-refractivity contribution in [2.75, 3.05) is 47.5 Å². The number of isocyanates is 1. The van der Waals surface area contributed by atoms with Gasteiger partial charge in [-0.15, -0.1) is 0 Å². The van der Waals surface area contributed by atoms with Gasteiger partial charge in [0.1, 0.15) is 0 Å². The van der Waals surface area contributed by atoms with Crippen LogP contribution in [0.25, 0.3) is 0 Å². The monoisotopic (exact) mass is 651 g/mol. The first-order chi connectivity index (χ1) is 21.4. The molecule has 4 rings (SSSR count). The molecule has 0 bridgehead atoms. The number of halogens is 2. The fourth-order valence-corrected chi connectivity index (χ4v) is 3.87. The minimum Gasteiger partial charge on any atom is -0.399 e. The highest BCUT2D eigenvalue weighted by Gasteiger charge is 2.04. The van der Waals surface area contributed by atoms with E-state index in [4.69, 9.17) is 40.4 Å². The molecule has 0 aliphatic rings. The molecular formula is C34H43Cl2N7O2. The standard InChI is InChI=1S/C14H14ClN3O.C8H6ClNO.C6H8N2.C6H15N/c1-9-5-6-12(8-13(9)15)18-14(19)17-11-4-2-3-10(16)7-11;1-6-2-3-7(10-5-11)4-8(6)9;7-5-2-1-3-6(8)4-5;1-4-7(5-2)6-3/h2-8H,16H2,1H3,(H2,17,18,19);2-4H,1H3;1-4H,7-8H2;4-6H2,1-3H3. The minimum absolute atomic E-state index is 0.342. The predicted molar refractivity (Wildman–Crippen MR) is 192 cm³/mol. The fourth-order valence-electron chi connectivity index (χ4n) is 3.51. The van der Waals surface area contributed by atoms with Crippen molar-refractivity contribution >= 4 is 69.4 Å². The first-order valence-corrected chi connectivity index (χ1v) is 15.0. The summed E-state index contributed by atoms with van der Waals surface area (Å²) in [5.41, 5.74) is 22.2. The largest absolute Gasteiger partial charge is 0.399 e. The molecule has 11 heteroatoms. The van der Waals surface area contributed by atoms with Gasteiger partial charge in [0.2, 0.25) is 6.08 Å². The third-order valence-corrected chi connectivity index (χ3v) is 6.97. The fraction of sp³-hybridized carbons (Fsp3) is 0.235. The highest BCUT2D eigenvalue weighted by molar-refractivity contribution is 6.32. The van der Waals surface area contributed by atoms with Crippen molar-refractivity contribution in [2.24, 2.45) is 4.99 Å². The molecule has 0 aromatic heterocycles. The van der Waals surface area contributed by atoms with Gasteiger partial charge < -0.3 is 32.7 Å². The first kappa shape index (κ1) is 38.5. The molecule has 4 aromatic carbocycles. The molecule has 0 spiro atoms. The van der Waals surface area contributed by atoms with Crippen LogP contribution in [-0.4, -0.2) is 36.6 Å². The van der Waals surface area contributed by atoms with Gasteiger partial charge >= 0.3 is 6.03 Å². The number of rotatable bonds is 6. The zero-order valence-corrected chi connectivity index (χ0v) is 27.9. The van der Waals surface area contributed by atoms with E-state index in [9.17, 15) is 9.59 Å². The maximum atomic E-state index is 11.8. The number of benzene rings is 4. The van der Waals surface area contributed by atoms with E-state index in [1.165, 1.54) is 25.7 Å². The van der Waals surface area contributed by atoms with E-state index in [1.54, 1.807) is 72.8 Å². The van der Waals surface area contributed by atoms with Crippen molar-refractivity contribution in [1.29, 1.82) is 0 Å². The molecule has 0 atom stereocenters. The highest BCUT2D eigenvalue weighted by Crippen LogP contribution is 2.22. The van der Waals surface area contributed by atoms with Crippen LogP contribution in [0.4, 0.5) is 38.9 Å². The Labute approximate surface area is 276 Å². The lowest BCUT2D eigenvalue weighted by Crippen LogP contribution is -2.21. The van der Waals surface area contributed by atoms with E-state index >= 15 is 0 Å². The Morgan fingerprint density at radius 3 is 1.58 bits per heavy atom. The Morgan fingerprint density at radius 1 is 0.711 bits per heavy atom. The number of nitrogens with zero attached hydrogens (tertiary/aromatic N) is 2. The number of carbonyl (C=O) groups is 1. The van der Waals surface area contributed by atoms with Crippen molar-refractivity contribution in [3.63, 3.8) is 0 Å². The minimum atomic E-state index is -0.342. The molecule has 0 unspecified atom stereocenters. The van der Waals surface area contributed by atoms with Crippen LogP contribution in [-0.2, 0) is 4.79 Å². The van der Waals surface area contributed by atoms with E-state index in [2.05, 4.69) is 41.3 Å². The highest BCUT2D eigenvalue weighted by atomic mass is 35.5. The van der Waals surface area contributed by atoms with E-state index in [0.717, 1.165) is 11.1 Å². The second-order valence-electron chi connectivity index (χ2n) is 9.59. The lowest BCUT2D eigenvalue weighted by molar-refractivity contribution is 0.262. The molecule has 0 radical (unpaired) electrons. The first-order valence-electron chi connectivity index (χ1n) is 14.3. The summed E-state index contributed by atoms with van der Waals surface area (Å²) in [5, 5.41) is 6.62. The summed E-state index contributed by atoms with van der Waals surface area (Å²) in [6.45, 7) is 13.9. The number of aryl methyl sites for hydroxylation is 2. The second kappa shape index (κ2) is 21.2. The third kappa shape index (κ3) is 16.2. The lowest BCUT2D eigenvalue weighted by Gasteiger charge is -2.13. The second-order valence-corrected chi connectivity index (χ2v) is 10.4. The smallest absolute Gasteiger partial charge is 0.323 e. The SMILES string of the molecule is CCN(CC)CC.Cc1ccc(N=C=O)cc1Cl.Cc1ccc(NC(=O)Nc2cccc(N)c2)cc1Cl.Nc1cccc(N)c1. The van der Waals surface area contributed by atoms with E-state index in [0.29, 0.717) is 44.2 Å². The number of nitrogens with one attached hydrogen (secondary N) is 2. The average molecular weight is 653 g/mol. The van der Waals surface area contributed by atoms with Crippen LogP contribution < -0.4 is 27.8 Å². The van der Waals surface area contributed by atoms with Gasteiger partial charge in [0, 0.05) is 38.5 Å². The summed E-state index contributed by atoms with van der Waals surface area (Å²) in [5.74, 6) is 0. The van der Waals surface area contributed by atoms with Crippen LogP contribution in [0.5, 0.6) is 0 Å². The number of hydrogen-bond acceptors (Lipinski definition) is 7. The summed E-state index contributed by atoms with van der Waals surface area (Å²) in [6.07, 6.45) is 1.45. The average Bonchev–Trinajstić information content (AvgIpc) is 2.99. The Morgan fingerprint density at radius 2 is 1.18 bits per heavy atom. The van der Waals surface area contributed by atoms with Crippen molar-refractivity contribution in [3.8, 4) is 0 Å². The van der Waals surface area contributed by atoms with Gasteiger partial charge in [-0.1, -0.05) is 68.2 Å². The number of nitrogen functional groups attached to an aromatic ring is 3. The molecule has 0 aliphatic carbocycles. The molecule has 0 fully saturated rings. The molecule has 0 heterocycles. The number of carbonyl (C=O) groups excluding carboxylic acids is 2. The molecular weight excluding hydrogens is 609 g/mol. The number of anilines is 5. The van der Waals surface area contributed by atoms with E-state index < -0.39 is 0 Å². The lowest BCUT2D eigenvalue weighted by atomic mass is 10.2. The van der Waals surface area contributed by atoms with Crippen molar-refractivity contribution in [2.45, 2.75) is 34.6 Å². The van der Waals surface area contributed by atoms with Gasteiger partial charge in [-0.25, -0.2) is 9.59 Å². The quantitative estimate of drug-likeness (QED) is 0.0798. The third-order valence-electron chi connectivity index (χ3n) is 6.16. The van der Waals surface area contributed by atoms with Crippen LogP contribution in [0.3, 0.4) is 0 Å². The van der Waals surface area contributed by atoms with Crippen molar-refractivity contribution < 1.29 is 9.59 Å². The van der Waals surface area contributed by atoms with E-state index in [-0.39, 0.29) is 6.03 Å². The molecule has 2 amide bonds. The molecule has 0 saturated carbocycles. The normalized spacial score (nSPS) is 9.60. The number of nitrogens with two attached hydrogens (primary N) is 3. The maximum Gasteiger partial charge on any atom is 0.323 e. The van der Waals surface area contributed by atoms with Crippen LogP contribution in [0, 0.1) is 13.8 Å². The van der Waals surface area contributed by atoms with Crippen molar-refractivity contribution in [3.05, 3.63) is 106 Å². The maximum absolute atomic E-state index is 11.8. The zero-order chi connectivity index (χ0) is 33.8. The molecule has 0 aliphatic heterocycles. The summed E-state index contributed by atoms with van der Waals surface area (Å²) in [7, 11) is 0. The number of urea groups is 1. The van der Waals surface area contributed by atoms with Crippen molar-refractivity contribution in [1.82, 2.24) is 4.90 Å². The summed E-state index contributed by atoms with van der Waals surface area (Å²) >= 11 is 11.7. The molecule has 9 nitrogen and oxygen atoms in total. The van der Waals surface area contributed by atoms with Gasteiger partial charge in [-0.2, -0.15) is 4.99 Å². The Kier molecular flexibility index (Phi) is 18.2. The van der Waals surface area contributed by atoms with Gasteiger partial charge in [0.05, 0.1) is 5.69 Å². The van der Waals surface area contributed by atoms with Gasteiger partial charge in [0.25, 0.3) is 0 Å². The Hall–Kier alpha value is -4.53. The predicted octanol–water partition coefficient (Wildman–Crippen LogP) is 8.69. The molecule has 240 valence electrons. The summed E-state index contributed by atoms with van der Waals surface area (Å²) < 4.78 is 0. The van der Waals surface area contributed by atoms with Gasteiger partial charge in [0.15, 0.2) is 0 Å². The number of amides is 2. The Bertz CT molecular complexity index is 1520. The summed E-state index contributed by atoms with van der Waals surface area (Å²) in [4.78, 5) is 27.4. The molecule has 45 heavy (non-hydrogen) atoms. The van der Waals surface area contributed by atoms with E-state index in [1.807, 2.05) is 26.0 Å². The summed E-state index contributed by atoms with van der Waals surface area (Å²) in [6, 6.07) is 24.3. The Balaban J connectivity index is 0.000000330. The van der Waals surface area contributed by atoms with Crippen LogP contribution in [0.2, 0.25) is 10.0 Å². The number of aliphatic imine (C=N–C) groups is 1. The topological polar surface area (TPSA) is 152 Å². The van der Waals surface area contributed by atoms with Gasteiger partial charge in [-0.3, -0.25) is 0 Å². The van der Waals surface area contributed by atoms with Crippen LogP contribution in [0.15, 0.2) is 89.9 Å². The molecule has 8 N–H and O–H groups in total. The molecule has 0 saturated heterocycles. The van der Waals surface area contributed by atoms with Crippen LogP contribution in [0.1, 0.15) is 31.9 Å². The zero-order valence-electron chi connectivity index (χ0n) is 26.4. The van der Waals surface area contributed by atoms with Crippen LogP contribution >= 0.6 is 23.2 Å².